The molecule has 19 heavy (non-hydrogen) atoms. The maximum atomic E-state index is 5.17. The summed E-state index contributed by atoms with van der Waals surface area (Å²) in [4.78, 5) is 4.32. The highest BCUT2D eigenvalue weighted by Gasteiger charge is 2.12. The number of nitrogens with zero attached hydrogens (tertiary/aromatic N) is 3. The quantitative estimate of drug-likeness (QED) is 0.867. The summed E-state index contributed by atoms with van der Waals surface area (Å²) in [5.41, 5.74) is 1.99. The Morgan fingerprint density at radius 2 is 2.26 bits per heavy atom. The molecule has 0 spiro atoms. The van der Waals surface area contributed by atoms with Gasteiger partial charge in [-0.15, -0.1) is 0 Å². The number of ether oxygens (including phenoxy) is 1. The molecular weight excluding hydrogens is 244 g/mol. The molecule has 0 amide bonds. The Bertz CT molecular complexity index is 513. The van der Waals surface area contributed by atoms with Crippen molar-refractivity contribution in [3.63, 3.8) is 0 Å². The standard InChI is InChI=1S/C13H20N4O2/c1-9(8-18-4)17-6-5-14-13(17)15-7-12-10(2)16-19-11(12)3/h5-6,9H,7-8H2,1-4H3,(H,14,15). The second-order valence-electron chi connectivity index (χ2n) is 4.62. The molecule has 104 valence electrons. The number of imidazole rings is 1. The molecule has 0 aliphatic rings. The first-order valence-electron chi connectivity index (χ1n) is 6.31. The molecule has 2 aromatic rings. The number of methoxy groups -OCH3 is 1. The van der Waals surface area contributed by atoms with Gasteiger partial charge in [-0.1, -0.05) is 5.16 Å². The van der Waals surface area contributed by atoms with Gasteiger partial charge in [0.1, 0.15) is 5.76 Å². The average molecular weight is 264 g/mol. The molecule has 2 heterocycles. The molecule has 0 aliphatic heterocycles. The largest absolute Gasteiger partial charge is 0.383 e. The van der Waals surface area contributed by atoms with Gasteiger partial charge in [-0.3, -0.25) is 0 Å². The van der Waals surface area contributed by atoms with Crippen molar-refractivity contribution in [2.24, 2.45) is 0 Å². The van der Waals surface area contributed by atoms with Crippen molar-refractivity contribution < 1.29 is 9.26 Å². The van der Waals surface area contributed by atoms with Gasteiger partial charge in [0.25, 0.3) is 0 Å². The third-order valence-corrected chi connectivity index (χ3v) is 3.16. The fourth-order valence-electron chi connectivity index (χ4n) is 2.05. The molecule has 1 unspecified atom stereocenters. The highest BCUT2D eigenvalue weighted by atomic mass is 16.5. The van der Waals surface area contributed by atoms with Gasteiger partial charge in [-0.25, -0.2) is 4.98 Å². The number of hydrogen-bond donors (Lipinski definition) is 1. The van der Waals surface area contributed by atoms with Crippen LogP contribution in [0.1, 0.15) is 30.0 Å². The third-order valence-electron chi connectivity index (χ3n) is 3.16. The number of rotatable bonds is 6. The lowest BCUT2D eigenvalue weighted by Crippen LogP contribution is -2.14. The number of anilines is 1. The average Bonchev–Trinajstić information content (AvgIpc) is 2.96. The van der Waals surface area contributed by atoms with E-state index in [1.807, 2.05) is 20.0 Å². The topological polar surface area (TPSA) is 65.1 Å². The zero-order chi connectivity index (χ0) is 13.8. The maximum Gasteiger partial charge on any atom is 0.203 e. The van der Waals surface area contributed by atoms with Crippen molar-refractivity contribution >= 4 is 5.95 Å². The smallest absolute Gasteiger partial charge is 0.203 e. The van der Waals surface area contributed by atoms with E-state index in [2.05, 4.69) is 26.9 Å². The van der Waals surface area contributed by atoms with E-state index >= 15 is 0 Å². The van der Waals surface area contributed by atoms with Crippen LogP contribution in [0, 0.1) is 13.8 Å². The zero-order valence-electron chi connectivity index (χ0n) is 11.8. The molecule has 0 aliphatic carbocycles. The van der Waals surface area contributed by atoms with Crippen LogP contribution in [-0.4, -0.2) is 28.4 Å². The lowest BCUT2D eigenvalue weighted by atomic mass is 10.2. The normalized spacial score (nSPS) is 12.6. The van der Waals surface area contributed by atoms with Crippen LogP contribution in [0.3, 0.4) is 0 Å². The molecule has 0 radical (unpaired) electrons. The summed E-state index contributed by atoms with van der Waals surface area (Å²) in [6, 6.07) is 0.236. The van der Waals surface area contributed by atoms with E-state index in [1.54, 1.807) is 13.3 Å². The van der Waals surface area contributed by atoms with Gasteiger partial charge in [0, 0.05) is 31.6 Å². The van der Waals surface area contributed by atoms with Gasteiger partial charge in [0.15, 0.2) is 0 Å². The number of hydrogen-bond acceptors (Lipinski definition) is 5. The molecule has 1 atom stereocenters. The molecule has 2 aromatic heterocycles. The van der Waals surface area contributed by atoms with Crippen LogP contribution in [-0.2, 0) is 11.3 Å². The van der Waals surface area contributed by atoms with Crippen molar-refractivity contribution in [3.8, 4) is 0 Å². The van der Waals surface area contributed by atoms with E-state index in [-0.39, 0.29) is 6.04 Å². The van der Waals surface area contributed by atoms with Gasteiger partial charge in [0.2, 0.25) is 5.95 Å². The summed E-state index contributed by atoms with van der Waals surface area (Å²) < 4.78 is 12.4. The Balaban J connectivity index is 2.06. The van der Waals surface area contributed by atoms with E-state index in [0.29, 0.717) is 13.2 Å². The van der Waals surface area contributed by atoms with Crippen molar-refractivity contribution in [1.82, 2.24) is 14.7 Å². The molecule has 0 saturated heterocycles. The highest BCUT2D eigenvalue weighted by Crippen LogP contribution is 2.17. The van der Waals surface area contributed by atoms with Crippen molar-refractivity contribution in [2.75, 3.05) is 19.0 Å². The number of aryl methyl sites for hydroxylation is 2. The minimum Gasteiger partial charge on any atom is -0.383 e. The fraction of sp³-hybridized carbons (Fsp3) is 0.538. The van der Waals surface area contributed by atoms with Gasteiger partial charge in [-0.2, -0.15) is 0 Å². The Morgan fingerprint density at radius 1 is 1.47 bits per heavy atom. The first-order chi connectivity index (χ1) is 9.13. The Labute approximate surface area is 112 Å². The van der Waals surface area contributed by atoms with Crippen LogP contribution in [0.4, 0.5) is 5.95 Å². The molecule has 6 heteroatoms. The number of aromatic nitrogens is 3. The Hall–Kier alpha value is -1.82. The molecule has 6 nitrogen and oxygen atoms in total. The van der Waals surface area contributed by atoms with Crippen LogP contribution >= 0.6 is 0 Å². The monoisotopic (exact) mass is 264 g/mol. The molecular formula is C13H20N4O2. The van der Waals surface area contributed by atoms with E-state index in [9.17, 15) is 0 Å². The van der Waals surface area contributed by atoms with Crippen LogP contribution in [0.25, 0.3) is 0 Å². The molecule has 0 aromatic carbocycles. The summed E-state index contributed by atoms with van der Waals surface area (Å²) in [5.74, 6) is 1.66. The number of nitrogens with one attached hydrogen (secondary N) is 1. The SMILES string of the molecule is COCC(C)n1ccnc1NCc1c(C)noc1C. The molecule has 2 rings (SSSR count). The lowest BCUT2D eigenvalue weighted by Gasteiger charge is -2.16. The maximum absolute atomic E-state index is 5.17. The second kappa shape index (κ2) is 5.88. The third kappa shape index (κ3) is 2.96. The minimum absolute atomic E-state index is 0.236. The van der Waals surface area contributed by atoms with Crippen molar-refractivity contribution in [2.45, 2.75) is 33.4 Å². The van der Waals surface area contributed by atoms with Crippen molar-refractivity contribution in [3.05, 3.63) is 29.4 Å². The van der Waals surface area contributed by atoms with Gasteiger partial charge in [-0.05, 0) is 20.8 Å². The highest BCUT2D eigenvalue weighted by molar-refractivity contribution is 5.31. The fourth-order valence-corrected chi connectivity index (χ4v) is 2.05. The van der Waals surface area contributed by atoms with Crippen molar-refractivity contribution in [1.29, 1.82) is 0 Å². The van der Waals surface area contributed by atoms with Gasteiger partial charge < -0.3 is 19.1 Å². The van der Waals surface area contributed by atoms with Crippen LogP contribution < -0.4 is 5.32 Å². The summed E-state index contributed by atoms with van der Waals surface area (Å²) in [7, 11) is 1.70. The van der Waals surface area contributed by atoms with E-state index in [4.69, 9.17) is 9.26 Å². The Morgan fingerprint density at radius 3 is 2.89 bits per heavy atom. The van der Waals surface area contributed by atoms with Crippen LogP contribution in [0.2, 0.25) is 0 Å². The molecule has 0 bridgehead atoms. The van der Waals surface area contributed by atoms with Crippen LogP contribution in [0.15, 0.2) is 16.9 Å². The zero-order valence-corrected chi connectivity index (χ0v) is 11.8. The first-order valence-corrected chi connectivity index (χ1v) is 6.31. The Kier molecular flexibility index (Phi) is 4.21. The van der Waals surface area contributed by atoms with Crippen LogP contribution in [0.5, 0.6) is 0 Å². The molecule has 0 saturated carbocycles. The summed E-state index contributed by atoms with van der Waals surface area (Å²) >= 11 is 0. The van der Waals surface area contributed by atoms with Gasteiger partial charge in [0.05, 0.1) is 18.3 Å². The first kappa shape index (κ1) is 13.6. The lowest BCUT2D eigenvalue weighted by molar-refractivity contribution is 0.163. The summed E-state index contributed by atoms with van der Waals surface area (Å²) in [6.07, 6.45) is 3.72. The summed E-state index contributed by atoms with van der Waals surface area (Å²) in [6.45, 7) is 7.24. The predicted octanol–water partition coefficient (Wildman–Crippen LogP) is 2.31. The summed E-state index contributed by atoms with van der Waals surface area (Å²) in [5, 5.41) is 7.25. The minimum atomic E-state index is 0.236. The van der Waals surface area contributed by atoms with E-state index in [1.165, 1.54) is 0 Å². The van der Waals surface area contributed by atoms with E-state index < -0.39 is 0 Å². The molecule has 0 fully saturated rings. The van der Waals surface area contributed by atoms with Gasteiger partial charge >= 0.3 is 0 Å². The second-order valence-corrected chi connectivity index (χ2v) is 4.62. The predicted molar refractivity (Wildman–Crippen MR) is 72.1 cm³/mol. The van der Waals surface area contributed by atoms with E-state index in [0.717, 1.165) is 23.0 Å². The molecule has 1 N–H and O–H groups in total.